The van der Waals surface area contributed by atoms with E-state index in [9.17, 15) is 18.4 Å². The van der Waals surface area contributed by atoms with Gasteiger partial charge in [0.15, 0.2) is 0 Å². The van der Waals surface area contributed by atoms with E-state index in [-0.39, 0.29) is 44.0 Å². The highest BCUT2D eigenvalue weighted by Gasteiger charge is 2.27. The number of hydrogen-bond donors (Lipinski definition) is 1. The van der Waals surface area contributed by atoms with Crippen molar-refractivity contribution in [1.82, 2.24) is 9.80 Å². The molecular weight excluding hydrogens is 468 g/mol. The molecule has 1 aliphatic heterocycles. The number of furan rings is 1. The summed E-state index contributed by atoms with van der Waals surface area (Å²) >= 11 is 0. The number of ether oxygens (including phenoxy) is 1. The molecular formula is C27H29F2N3O4. The molecule has 1 N–H and O–H groups in total. The maximum absolute atomic E-state index is 13.6. The van der Waals surface area contributed by atoms with Crippen molar-refractivity contribution in [3.8, 4) is 0 Å². The van der Waals surface area contributed by atoms with Gasteiger partial charge in [0.1, 0.15) is 29.7 Å². The van der Waals surface area contributed by atoms with Gasteiger partial charge in [-0.25, -0.2) is 13.6 Å². The molecule has 9 heteroatoms. The molecule has 4 rings (SSSR count). The Hall–Kier alpha value is -3.72. The molecule has 0 radical (unpaired) electrons. The zero-order chi connectivity index (χ0) is 25.5. The van der Waals surface area contributed by atoms with Gasteiger partial charge in [-0.3, -0.25) is 4.79 Å². The highest BCUT2D eigenvalue weighted by atomic mass is 19.1. The van der Waals surface area contributed by atoms with E-state index in [1.807, 2.05) is 13.0 Å². The van der Waals surface area contributed by atoms with E-state index in [0.29, 0.717) is 23.8 Å². The number of carbonyl (C=O) groups is 2. The number of halogens is 2. The van der Waals surface area contributed by atoms with Crippen LogP contribution in [0.15, 0.2) is 65.1 Å². The number of amides is 3. The van der Waals surface area contributed by atoms with Gasteiger partial charge < -0.3 is 24.3 Å². The summed E-state index contributed by atoms with van der Waals surface area (Å²) in [5.41, 5.74) is 1.03. The average Bonchev–Trinajstić information content (AvgIpc) is 3.51. The lowest BCUT2D eigenvalue weighted by molar-refractivity contribution is -0.133. The Balaban J connectivity index is 1.52. The van der Waals surface area contributed by atoms with Crippen molar-refractivity contribution in [2.24, 2.45) is 0 Å². The monoisotopic (exact) mass is 497 g/mol. The van der Waals surface area contributed by atoms with Crippen molar-refractivity contribution in [1.29, 1.82) is 0 Å². The summed E-state index contributed by atoms with van der Waals surface area (Å²) in [6, 6.07) is 14.6. The van der Waals surface area contributed by atoms with E-state index in [2.05, 4.69) is 5.32 Å². The van der Waals surface area contributed by atoms with Gasteiger partial charge in [-0.15, -0.1) is 0 Å². The van der Waals surface area contributed by atoms with Crippen molar-refractivity contribution in [2.45, 2.75) is 39.0 Å². The molecule has 1 fully saturated rings. The van der Waals surface area contributed by atoms with Gasteiger partial charge >= 0.3 is 6.03 Å². The summed E-state index contributed by atoms with van der Waals surface area (Å²) in [6.07, 6.45) is 1.48. The number of hydrogen-bond acceptors (Lipinski definition) is 4. The van der Waals surface area contributed by atoms with Gasteiger partial charge in [-0.2, -0.15) is 0 Å². The van der Waals surface area contributed by atoms with Crippen molar-refractivity contribution >= 4 is 17.6 Å². The van der Waals surface area contributed by atoms with Gasteiger partial charge in [-0.05, 0) is 67.8 Å². The third-order valence-corrected chi connectivity index (χ3v) is 5.92. The minimum atomic E-state index is -0.528. The number of anilines is 1. The molecule has 1 unspecified atom stereocenters. The molecule has 1 atom stereocenters. The lowest BCUT2D eigenvalue weighted by atomic mass is 10.2. The van der Waals surface area contributed by atoms with Gasteiger partial charge in [0.2, 0.25) is 5.91 Å². The van der Waals surface area contributed by atoms with Crippen LogP contribution in [0.25, 0.3) is 0 Å². The number of carbonyl (C=O) groups excluding carboxylic acids is 2. The average molecular weight is 498 g/mol. The first-order valence-electron chi connectivity index (χ1n) is 11.9. The van der Waals surface area contributed by atoms with Crippen molar-refractivity contribution in [3.63, 3.8) is 0 Å². The third-order valence-electron chi connectivity index (χ3n) is 5.92. The molecule has 7 nitrogen and oxygen atoms in total. The fourth-order valence-electron chi connectivity index (χ4n) is 4.09. The van der Waals surface area contributed by atoms with Crippen molar-refractivity contribution < 1.29 is 27.5 Å². The number of benzene rings is 2. The van der Waals surface area contributed by atoms with E-state index in [4.69, 9.17) is 9.15 Å². The normalized spacial score (nSPS) is 15.0. The Morgan fingerprint density at radius 2 is 1.81 bits per heavy atom. The molecule has 2 heterocycles. The van der Waals surface area contributed by atoms with Crippen LogP contribution in [0.5, 0.6) is 0 Å². The summed E-state index contributed by atoms with van der Waals surface area (Å²) < 4.78 is 38.4. The zero-order valence-electron chi connectivity index (χ0n) is 20.1. The smallest absolute Gasteiger partial charge is 0.322 e. The van der Waals surface area contributed by atoms with Gasteiger partial charge in [0, 0.05) is 25.4 Å². The SMILES string of the molecule is Cc1ccc(CN(Cc2ccc(F)cc2)C(=O)CN(CC2CCCO2)C(=O)Nc2cccc(F)c2)o1. The first kappa shape index (κ1) is 25.4. The predicted molar refractivity (Wildman–Crippen MR) is 130 cm³/mol. The number of aryl methyl sites for hydroxylation is 1. The van der Waals surface area contributed by atoms with Crippen LogP contribution in [-0.4, -0.2) is 47.5 Å². The van der Waals surface area contributed by atoms with Gasteiger partial charge in [-0.1, -0.05) is 18.2 Å². The Morgan fingerprint density at radius 1 is 1.00 bits per heavy atom. The Labute approximate surface area is 208 Å². The largest absolute Gasteiger partial charge is 0.464 e. The maximum atomic E-state index is 13.6. The number of nitrogens with zero attached hydrogens (tertiary/aromatic N) is 2. The van der Waals surface area contributed by atoms with E-state index in [1.54, 1.807) is 29.2 Å². The minimum Gasteiger partial charge on any atom is -0.464 e. The van der Waals surface area contributed by atoms with E-state index in [1.165, 1.54) is 35.2 Å². The second kappa shape index (κ2) is 11.8. The van der Waals surface area contributed by atoms with Crippen LogP contribution < -0.4 is 5.32 Å². The fourth-order valence-corrected chi connectivity index (χ4v) is 4.09. The van der Waals surface area contributed by atoms with Crippen LogP contribution >= 0.6 is 0 Å². The molecule has 1 saturated heterocycles. The number of nitrogens with one attached hydrogen (secondary N) is 1. The van der Waals surface area contributed by atoms with Crippen LogP contribution in [0.1, 0.15) is 29.9 Å². The maximum Gasteiger partial charge on any atom is 0.322 e. The first-order chi connectivity index (χ1) is 17.4. The van der Waals surface area contributed by atoms with Crippen molar-refractivity contribution in [2.75, 3.05) is 25.0 Å². The molecule has 0 spiro atoms. The highest BCUT2D eigenvalue weighted by molar-refractivity contribution is 5.92. The summed E-state index contributed by atoms with van der Waals surface area (Å²) in [4.78, 5) is 29.6. The summed E-state index contributed by atoms with van der Waals surface area (Å²) in [5.74, 6) is 0.149. The Bertz CT molecular complexity index is 1180. The molecule has 1 aliphatic rings. The summed E-state index contributed by atoms with van der Waals surface area (Å²) in [5, 5.41) is 2.67. The number of rotatable bonds is 9. The van der Waals surface area contributed by atoms with E-state index in [0.717, 1.165) is 18.4 Å². The fraction of sp³-hybridized carbons (Fsp3) is 0.333. The van der Waals surface area contributed by atoms with E-state index < -0.39 is 11.8 Å². The first-order valence-corrected chi connectivity index (χ1v) is 11.9. The van der Waals surface area contributed by atoms with Gasteiger partial charge in [0.25, 0.3) is 0 Å². The molecule has 0 aliphatic carbocycles. The third kappa shape index (κ3) is 7.14. The Morgan fingerprint density at radius 3 is 2.47 bits per heavy atom. The summed E-state index contributed by atoms with van der Waals surface area (Å²) in [6.45, 7) is 2.81. The quantitative estimate of drug-likeness (QED) is 0.446. The molecule has 3 aromatic rings. The van der Waals surface area contributed by atoms with Crippen LogP contribution in [0, 0.1) is 18.6 Å². The van der Waals surface area contributed by atoms with Crippen molar-refractivity contribution in [3.05, 3.63) is 89.4 Å². The lowest BCUT2D eigenvalue weighted by Gasteiger charge is -2.29. The second-order valence-electron chi connectivity index (χ2n) is 8.84. The van der Waals surface area contributed by atoms with E-state index >= 15 is 0 Å². The Kier molecular flexibility index (Phi) is 8.32. The predicted octanol–water partition coefficient (Wildman–Crippen LogP) is 5.11. The minimum absolute atomic E-state index is 0.184. The highest BCUT2D eigenvalue weighted by Crippen LogP contribution is 2.18. The zero-order valence-corrected chi connectivity index (χ0v) is 20.1. The van der Waals surface area contributed by atoms with Crippen LogP contribution in [0.2, 0.25) is 0 Å². The molecule has 1 aromatic heterocycles. The second-order valence-corrected chi connectivity index (χ2v) is 8.84. The molecule has 190 valence electrons. The molecule has 0 bridgehead atoms. The number of urea groups is 1. The molecule has 0 saturated carbocycles. The topological polar surface area (TPSA) is 75.0 Å². The molecule has 36 heavy (non-hydrogen) atoms. The summed E-state index contributed by atoms with van der Waals surface area (Å²) in [7, 11) is 0. The van der Waals surface area contributed by atoms with Crippen LogP contribution in [0.3, 0.4) is 0 Å². The van der Waals surface area contributed by atoms with Crippen LogP contribution in [0.4, 0.5) is 19.3 Å². The van der Waals surface area contributed by atoms with Crippen LogP contribution in [-0.2, 0) is 22.6 Å². The molecule has 3 amide bonds. The van der Waals surface area contributed by atoms with Gasteiger partial charge in [0.05, 0.1) is 12.6 Å². The lowest BCUT2D eigenvalue weighted by Crippen LogP contribution is -2.46. The standard InChI is InChI=1S/C27H29F2N3O4/c1-19-7-12-25(36-19)17-31(15-20-8-10-21(28)11-9-20)26(33)18-32(16-24-6-3-13-35-24)27(34)30-23-5-2-4-22(29)14-23/h2,4-5,7-12,14,24H,3,6,13,15-18H2,1H3,(H,30,34). The molecule has 2 aromatic carbocycles.